The lowest BCUT2D eigenvalue weighted by Crippen LogP contribution is -2.57. The van der Waals surface area contributed by atoms with Crippen molar-refractivity contribution in [2.24, 2.45) is 0 Å². The van der Waals surface area contributed by atoms with Crippen molar-refractivity contribution in [2.45, 2.75) is 58.5 Å². The van der Waals surface area contributed by atoms with Crippen LogP contribution in [0.5, 0.6) is 0 Å². The van der Waals surface area contributed by atoms with E-state index in [9.17, 15) is 4.79 Å². The van der Waals surface area contributed by atoms with Gasteiger partial charge in [-0.15, -0.1) is 0 Å². The molecule has 0 saturated carbocycles. The van der Waals surface area contributed by atoms with Crippen LogP contribution in [0, 0.1) is 13.8 Å². The van der Waals surface area contributed by atoms with Crippen molar-refractivity contribution in [3.8, 4) is 0 Å². The predicted molar refractivity (Wildman–Crippen MR) is 103 cm³/mol. The number of likely N-dealkylation sites (tertiary alicyclic amines) is 1. The molecule has 2 aromatic rings. The van der Waals surface area contributed by atoms with E-state index >= 15 is 0 Å². The van der Waals surface area contributed by atoms with E-state index < -0.39 is 0 Å². The number of aryl methyl sites for hydroxylation is 1. The minimum Gasteiger partial charge on any atom is -0.348 e. The number of nitrogens with one attached hydrogen (secondary N) is 1. The molecule has 27 heavy (non-hydrogen) atoms. The van der Waals surface area contributed by atoms with Crippen molar-refractivity contribution in [1.82, 2.24) is 29.3 Å². The van der Waals surface area contributed by atoms with Crippen LogP contribution in [0.15, 0.2) is 12.7 Å². The van der Waals surface area contributed by atoms with E-state index in [1.54, 1.807) is 6.33 Å². The number of carbonyl (C=O) groups excluding carboxylic acids is 1. The quantitative estimate of drug-likeness (QED) is 0.894. The Kier molecular flexibility index (Phi) is 4.80. The Labute approximate surface area is 160 Å². The Bertz CT molecular complexity index is 814. The zero-order chi connectivity index (χ0) is 19.0. The molecule has 7 nitrogen and oxygen atoms in total. The maximum absolute atomic E-state index is 12.8. The summed E-state index contributed by atoms with van der Waals surface area (Å²) in [5.41, 5.74) is 4.55. The molecule has 1 amide bonds. The Balaban J connectivity index is 1.49. The van der Waals surface area contributed by atoms with Gasteiger partial charge in [-0.05, 0) is 39.7 Å². The lowest BCUT2D eigenvalue weighted by Gasteiger charge is -2.50. The number of hydrogen-bond donors (Lipinski definition) is 1. The van der Waals surface area contributed by atoms with Crippen LogP contribution in [0.4, 0.5) is 0 Å². The van der Waals surface area contributed by atoms with Gasteiger partial charge in [-0.1, -0.05) is 6.92 Å². The third kappa shape index (κ3) is 3.08. The summed E-state index contributed by atoms with van der Waals surface area (Å²) in [5, 5.41) is 0. The molecule has 1 saturated heterocycles. The van der Waals surface area contributed by atoms with Crippen LogP contribution in [0.3, 0.4) is 0 Å². The second kappa shape index (κ2) is 7.11. The van der Waals surface area contributed by atoms with E-state index in [0.29, 0.717) is 6.54 Å². The van der Waals surface area contributed by atoms with Crippen LogP contribution in [0.25, 0.3) is 0 Å². The maximum Gasteiger partial charge on any atom is 0.242 e. The third-order valence-corrected chi connectivity index (χ3v) is 6.48. The summed E-state index contributed by atoms with van der Waals surface area (Å²) in [6.07, 6.45) is 7.71. The Morgan fingerprint density at radius 1 is 1.22 bits per heavy atom. The van der Waals surface area contributed by atoms with Gasteiger partial charge in [-0.25, -0.2) is 9.97 Å². The number of hydrogen-bond acceptors (Lipinski definition) is 4. The number of carbonyl (C=O) groups is 1. The second-order valence-electron chi connectivity index (χ2n) is 7.92. The Morgan fingerprint density at radius 3 is 2.67 bits per heavy atom. The summed E-state index contributed by atoms with van der Waals surface area (Å²) in [7, 11) is 0. The molecule has 0 bridgehead atoms. The molecule has 2 aromatic heterocycles. The van der Waals surface area contributed by atoms with E-state index in [-0.39, 0.29) is 11.4 Å². The summed E-state index contributed by atoms with van der Waals surface area (Å²) >= 11 is 0. The summed E-state index contributed by atoms with van der Waals surface area (Å²) in [4.78, 5) is 29.8. The van der Waals surface area contributed by atoms with Gasteiger partial charge in [-0.2, -0.15) is 0 Å². The zero-order valence-corrected chi connectivity index (χ0v) is 16.7. The minimum absolute atomic E-state index is 0.0120. The van der Waals surface area contributed by atoms with Gasteiger partial charge in [-0.3, -0.25) is 9.69 Å². The van der Waals surface area contributed by atoms with Crippen molar-refractivity contribution in [3.63, 3.8) is 0 Å². The smallest absolute Gasteiger partial charge is 0.242 e. The highest BCUT2D eigenvalue weighted by molar-refractivity contribution is 5.76. The van der Waals surface area contributed by atoms with Gasteiger partial charge >= 0.3 is 0 Å². The Morgan fingerprint density at radius 2 is 2.00 bits per heavy atom. The predicted octanol–water partition coefficient (Wildman–Crippen LogP) is 2.01. The van der Waals surface area contributed by atoms with Crippen LogP contribution in [-0.4, -0.2) is 61.4 Å². The van der Waals surface area contributed by atoms with Gasteiger partial charge in [0, 0.05) is 37.4 Å². The standard InChI is InChI=1S/C20H30N6O/c1-4-8-26-9-5-17-19(22-13-21-17)20(26)6-10-24(11-7-20)18(27)12-25-14-23-15(2)16(25)3/h13-14H,4-12H2,1-3H3,(H,21,22). The van der Waals surface area contributed by atoms with Gasteiger partial charge in [0.15, 0.2) is 0 Å². The minimum atomic E-state index is -0.0120. The van der Waals surface area contributed by atoms with Crippen molar-refractivity contribution in [2.75, 3.05) is 26.2 Å². The summed E-state index contributed by atoms with van der Waals surface area (Å²) in [6, 6.07) is 0. The molecule has 2 aliphatic rings. The maximum atomic E-state index is 12.8. The molecule has 4 heterocycles. The molecule has 0 aromatic carbocycles. The first kappa shape index (κ1) is 18.2. The molecule has 0 atom stereocenters. The van der Waals surface area contributed by atoms with Crippen LogP contribution in [0.2, 0.25) is 0 Å². The first-order valence-corrected chi connectivity index (χ1v) is 10.1. The van der Waals surface area contributed by atoms with E-state index in [2.05, 4.69) is 21.8 Å². The van der Waals surface area contributed by atoms with Crippen molar-refractivity contribution in [1.29, 1.82) is 0 Å². The van der Waals surface area contributed by atoms with Crippen LogP contribution in [0.1, 0.15) is 49.0 Å². The van der Waals surface area contributed by atoms with Crippen LogP contribution in [-0.2, 0) is 23.3 Å². The molecule has 146 valence electrons. The lowest BCUT2D eigenvalue weighted by atomic mass is 9.78. The van der Waals surface area contributed by atoms with Gasteiger partial charge < -0.3 is 14.5 Å². The highest BCUT2D eigenvalue weighted by Gasteiger charge is 2.46. The molecular formula is C20H30N6O. The number of amides is 1. The molecule has 1 spiro atoms. The monoisotopic (exact) mass is 370 g/mol. The number of rotatable bonds is 4. The summed E-state index contributed by atoms with van der Waals surface area (Å²) < 4.78 is 1.96. The van der Waals surface area contributed by atoms with Crippen LogP contribution < -0.4 is 0 Å². The first-order valence-electron chi connectivity index (χ1n) is 10.1. The fraction of sp³-hybridized carbons (Fsp3) is 0.650. The third-order valence-electron chi connectivity index (χ3n) is 6.48. The number of fused-ring (bicyclic) bond motifs is 2. The van der Waals surface area contributed by atoms with E-state index in [1.165, 1.54) is 11.4 Å². The van der Waals surface area contributed by atoms with Crippen molar-refractivity contribution < 1.29 is 4.79 Å². The number of H-pyrrole nitrogens is 1. The van der Waals surface area contributed by atoms with Crippen molar-refractivity contribution in [3.05, 3.63) is 35.4 Å². The van der Waals surface area contributed by atoms with Gasteiger partial charge in [0.25, 0.3) is 0 Å². The fourth-order valence-electron chi connectivity index (χ4n) is 4.75. The SMILES string of the molecule is CCCN1CCc2[nH]cnc2C12CCN(C(=O)Cn1cnc(C)c1C)CC2. The molecule has 0 aliphatic carbocycles. The van der Waals surface area contributed by atoms with Gasteiger partial charge in [0.2, 0.25) is 5.91 Å². The van der Waals surface area contributed by atoms with E-state index in [4.69, 9.17) is 4.98 Å². The van der Waals surface area contributed by atoms with Gasteiger partial charge in [0.05, 0.1) is 29.6 Å². The molecule has 1 fully saturated rings. The molecular weight excluding hydrogens is 340 g/mol. The number of imidazole rings is 2. The average molecular weight is 371 g/mol. The molecule has 1 N–H and O–H groups in total. The highest BCUT2D eigenvalue weighted by Crippen LogP contribution is 2.42. The number of piperidine rings is 1. The van der Waals surface area contributed by atoms with E-state index in [0.717, 1.165) is 63.3 Å². The van der Waals surface area contributed by atoms with Crippen LogP contribution >= 0.6 is 0 Å². The average Bonchev–Trinajstić information content (AvgIpc) is 3.28. The lowest BCUT2D eigenvalue weighted by molar-refractivity contribution is -0.135. The number of aromatic amines is 1. The van der Waals surface area contributed by atoms with E-state index in [1.807, 2.05) is 29.6 Å². The summed E-state index contributed by atoms with van der Waals surface area (Å²) in [5.74, 6) is 0.186. The fourth-order valence-corrected chi connectivity index (χ4v) is 4.75. The van der Waals surface area contributed by atoms with Crippen molar-refractivity contribution >= 4 is 5.91 Å². The molecule has 2 aliphatic heterocycles. The highest BCUT2D eigenvalue weighted by atomic mass is 16.2. The zero-order valence-electron chi connectivity index (χ0n) is 16.7. The molecule has 0 radical (unpaired) electrons. The number of aromatic nitrogens is 4. The summed E-state index contributed by atoms with van der Waals surface area (Å²) in [6.45, 7) is 10.4. The Hall–Kier alpha value is -2.15. The molecule has 7 heteroatoms. The van der Waals surface area contributed by atoms with Gasteiger partial charge in [0.1, 0.15) is 6.54 Å². The molecule has 4 rings (SSSR count). The molecule has 0 unspecified atom stereocenters. The topological polar surface area (TPSA) is 70.1 Å². The second-order valence-corrected chi connectivity index (χ2v) is 7.92. The number of nitrogens with zero attached hydrogens (tertiary/aromatic N) is 5. The largest absolute Gasteiger partial charge is 0.348 e. The normalized spacial score (nSPS) is 19.4. The first-order chi connectivity index (χ1) is 13.0.